The Balaban J connectivity index is 2.04. The fraction of sp³-hybridized carbons (Fsp3) is 0.571. The summed E-state index contributed by atoms with van der Waals surface area (Å²) >= 11 is 0. The van der Waals surface area contributed by atoms with Crippen LogP contribution >= 0.6 is 0 Å². The van der Waals surface area contributed by atoms with Crippen LogP contribution in [0.5, 0.6) is 5.75 Å². The zero-order valence-electron chi connectivity index (χ0n) is 10.5. The fourth-order valence-corrected chi connectivity index (χ4v) is 2.17. The quantitative estimate of drug-likeness (QED) is 0.853. The molecule has 1 aliphatic heterocycles. The van der Waals surface area contributed by atoms with Crippen LogP contribution in [0.2, 0.25) is 0 Å². The molecule has 1 aliphatic rings. The number of hydrogen-bond donors (Lipinski definition) is 1. The van der Waals surface area contributed by atoms with E-state index in [1.54, 1.807) is 7.11 Å². The van der Waals surface area contributed by atoms with E-state index in [4.69, 9.17) is 9.47 Å². The van der Waals surface area contributed by atoms with Gasteiger partial charge in [-0.1, -0.05) is 18.2 Å². The maximum Gasteiger partial charge on any atom is 0.128 e. The molecule has 0 amide bonds. The van der Waals surface area contributed by atoms with Gasteiger partial charge in [-0.25, -0.2) is 0 Å². The van der Waals surface area contributed by atoms with Gasteiger partial charge in [0.15, 0.2) is 0 Å². The monoisotopic (exact) mass is 236 g/mol. The lowest BCUT2D eigenvalue weighted by atomic mass is 9.99. The van der Waals surface area contributed by atoms with Crippen LogP contribution in [-0.2, 0) is 11.2 Å². The van der Waals surface area contributed by atoms with E-state index in [9.17, 15) is 5.11 Å². The van der Waals surface area contributed by atoms with Gasteiger partial charge in [-0.2, -0.15) is 0 Å². The van der Waals surface area contributed by atoms with Gasteiger partial charge in [-0.3, -0.25) is 0 Å². The smallest absolute Gasteiger partial charge is 0.128 e. The molecule has 0 aromatic heterocycles. The van der Waals surface area contributed by atoms with Crippen molar-refractivity contribution in [1.29, 1.82) is 0 Å². The van der Waals surface area contributed by atoms with Gasteiger partial charge >= 0.3 is 0 Å². The number of ether oxygens (including phenoxy) is 2. The molecule has 0 aliphatic carbocycles. The second kappa shape index (κ2) is 5.52. The molecule has 1 heterocycles. The van der Waals surface area contributed by atoms with Crippen molar-refractivity contribution in [3.05, 3.63) is 29.3 Å². The van der Waals surface area contributed by atoms with E-state index in [1.165, 1.54) is 5.56 Å². The van der Waals surface area contributed by atoms with E-state index in [1.807, 2.05) is 19.1 Å². The zero-order valence-corrected chi connectivity index (χ0v) is 10.5. The SMILES string of the molecule is COC(C)CCC(O)c1cccc2c1OCC2. The fourth-order valence-electron chi connectivity index (χ4n) is 2.17. The lowest BCUT2D eigenvalue weighted by molar-refractivity contribution is 0.0843. The highest BCUT2D eigenvalue weighted by molar-refractivity contribution is 5.45. The predicted octanol–water partition coefficient (Wildman–Crippen LogP) is 2.47. The van der Waals surface area contributed by atoms with Crippen molar-refractivity contribution in [2.75, 3.05) is 13.7 Å². The summed E-state index contributed by atoms with van der Waals surface area (Å²) in [5.41, 5.74) is 2.13. The van der Waals surface area contributed by atoms with E-state index < -0.39 is 6.10 Å². The molecule has 0 saturated heterocycles. The molecule has 0 saturated carbocycles. The van der Waals surface area contributed by atoms with Crippen LogP contribution in [0.25, 0.3) is 0 Å². The van der Waals surface area contributed by atoms with Crippen LogP contribution in [0.1, 0.15) is 37.0 Å². The van der Waals surface area contributed by atoms with E-state index in [0.29, 0.717) is 6.42 Å². The van der Waals surface area contributed by atoms with Gasteiger partial charge in [0.05, 0.1) is 18.8 Å². The number of aliphatic hydroxyl groups is 1. The maximum atomic E-state index is 10.2. The second-order valence-corrected chi connectivity index (χ2v) is 4.57. The first kappa shape index (κ1) is 12.4. The van der Waals surface area contributed by atoms with Gasteiger partial charge < -0.3 is 14.6 Å². The van der Waals surface area contributed by atoms with Gasteiger partial charge in [0.2, 0.25) is 0 Å². The molecular formula is C14H20O3. The summed E-state index contributed by atoms with van der Waals surface area (Å²) in [5, 5.41) is 10.2. The molecule has 0 radical (unpaired) electrons. The minimum absolute atomic E-state index is 0.183. The highest BCUT2D eigenvalue weighted by Gasteiger charge is 2.20. The standard InChI is InChI=1S/C14H20O3/c1-10(16-2)6-7-13(15)12-5-3-4-11-8-9-17-14(11)12/h3-5,10,13,15H,6-9H2,1-2H3. The molecule has 1 N–H and O–H groups in total. The van der Waals surface area contributed by atoms with Gasteiger partial charge in [0.1, 0.15) is 5.75 Å². The van der Waals surface area contributed by atoms with Gasteiger partial charge in [0.25, 0.3) is 0 Å². The Morgan fingerprint density at radius 3 is 3.00 bits per heavy atom. The van der Waals surface area contributed by atoms with Crippen molar-refractivity contribution < 1.29 is 14.6 Å². The van der Waals surface area contributed by atoms with Crippen LogP contribution in [0.15, 0.2) is 18.2 Å². The van der Waals surface area contributed by atoms with Gasteiger partial charge in [0, 0.05) is 19.1 Å². The number of benzene rings is 1. The van der Waals surface area contributed by atoms with Gasteiger partial charge in [-0.05, 0) is 25.3 Å². The summed E-state index contributed by atoms with van der Waals surface area (Å²) in [6.07, 6.45) is 2.23. The second-order valence-electron chi connectivity index (χ2n) is 4.57. The Bertz CT molecular complexity index is 376. The van der Waals surface area contributed by atoms with Crippen molar-refractivity contribution in [2.45, 2.75) is 38.4 Å². The molecule has 94 valence electrons. The summed E-state index contributed by atoms with van der Waals surface area (Å²) in [6.45, 7) is 2.74. The Labute approximate surface area is 102 Å². The Morgan fingerprint density at radius 1 is 1.41 bits per heavy atom. The predicted molar refractivity (Wildman–Crippen MR) is 66.3 cm³/mol. The first-order chi connectivity index (χ1) is 8.22. The third kappa shape index (κ3) is 2.79. The number of para-hydroxylation sites is 1. The van der Waals surface area contributed by atoms with Crippen molar-refractivity contribution in [3.8, 4) is 5.75 Å². The molecule has 2 unspecified atom stereocenters. The average molecular weight is 236 g/mol. The zero-order chi connectivity index (χ0) is 12.3. The van der Waals surface area contributed by atoms with Gasteiger partial charge in [-0.15, -0.1) is 0 Å². The normalized spacial score (nSPS) is 17.4. The largest absolute Gasteiger partial charge is 0.493 e. The summed E-state index contributed by atoms with van der Waals surface area (Å²) in [5.74, 6) is 0.894. The number of rotatable bonds is 5. The summed E-state index contributed by atoms with van der Waals surface area (Å²) in [7, 11) is 1.69. The number of fused-ring (bicyclic) bond motifs is 1. The van der Waals surface area contributed by atoms with Crippen molar-refractivity contribution in [2.24, 2.45) is 0 Å². The lowest BCUT2D eigenvalue weighted by Crippen LogP contribution is -2.08. The number of methoxy groups -OCH3 is 1. The molecule has 2 rings (SSSR count). The minimum Gasteiger partial charge on any atom is -0.493 e. The van der Waals surface area contributed by atoms with Crippen LogP contribution < -0.4 is 4.74 Å². The van der Waals surface area contributed by atoms with E-state index in [2.05, 4.69) is 6.07 Å². The van der Waals surface area contributed by atoms with Crippen LogP contribution in [0.4, 0.5) is 0 Å². The molecule has 0 spiro atoms. The number of aliphatic hydroxyl groups excluding tert-OH is 1. The first-order valence-corrected chi connectivity index (χ1v) is 6.18. The third-order valence-corrected chi connectivity index (χ3v) is 3.35. The van der Waals surface area contributed by atoms with Crippen molar-refractivity contribution in [3.63, 3.8) is 0 Å². The van der Waals surface area contributed by atoms with Crippen molar-refractivity contribution in [1.82, 2.24) is 0 Å². The van der Waals surface area contributed by atoms with E-state index in [0.717, 1.165) is 30.8 Å². The molecule has 2 atom stereocenters. The highest BCUT2D eigenvalue weighted by atomic mass is 16.5. The van der Waals surface area contributed by atoms with E-state index >= 15 is 0 Å². The van der Waals surface area contributed by atoms with Crippen LogP contribution in [0.3, 0.4) is 0 Å². The summed E-state index contributed by atoms with van der Waals surface area (Å²) in [6, 6.07) is 6.01. The average Bonchev–Trinajstić information content (AvgIpc) is 2.83. The van der Waals surface area contributed by atoms with Crippen LogP contribution in [-0.4, -0.2) is 24.9 Å². The maximum absolute atomic E-state index is 10.2. The molecular weight excluding hydrogens is 216 g/mol. The molecule has 0 fully saturated rings. The molecule has 3 nitrogen and oxygen atoms in total. The van der Waals surface area contributed by atoms with Crippen molar-refractivity contribution >= 4 is 0 Å². The molecule has 1 aromatic rings. The van der Waals surface area contributed by atoms with Crippen LogP contribution in [0, 0.1) is 0 Å². The van der Waals surface area contributed by atoms with E-state index in [-0.39, 0.29) is 6.10 Å². The Morgan fingerprint density at radius 2 is 2.24 bits per heavy atom. The third-order valence-electron chi connectivity index (χ3n) is 3.35. The molecule has 17 heavy (non-hydrogen) atoms. The Hall–Kier alpha value is -1.06. The molecule has 0 bridgehead atoms. The summed E-state index contributed by atoms with van der Waals surface area (Å²) in [4.78, 5) is 0. The topological polar surface area (TPSA) is 38.7 Å². The summed E-state index contributed by atoms with van der Waals surface area (Å²) < 4.78 is 10.8. The Kier molecular flexibility index (Phi) is 4.02. The molecule has 1 aromatic carbocycles. The molecule has 3 heteroatoms. The number of hydrogen-bond acceptors (Lipinski definition) is 3. The minimum atomic E-state index is -0.458. The highest BCUT2D eigenvalue weighted by Crippen LogP contribution is 2.35. The lowest BCUT2D eigenvalue weighted by Gasteiger charge is -2.16. The first-order valence-electron chi connectivity index (χ1n) is 6.18.